The first kappa shape index (κ1) is 11.0. The number of likely N-dealkylation sites (tertiary alicyclic amines) is 1. The lowest BCUT2D eigenvalue weighted by Gasteiger charge is -2.26. The molecule has 1 aliphatic heterocycles. The van der Waals surface area contributed by atoms with Gasteiger partial charge in [-0.15, -0.1) is 0 Å². The van der Waals surface area contributed by atoms with Crippen LogP contribution in [0.3, 0.4) is 0 Å². The predicted octanol–water partition coefficient (Wildman–Crippen LogP) is 1.68. The van der Waals surface area contributed by atoms with E-state index in [1.54, 1.807) is 0 Å². The van der Waals surface area contributed by atoms with Crippen LogP contribution in [0.15, 0.2) is 10.6 Å². The van der Waals surface area contributed by atoms with E-state index in [9.17, 15) is 4.79 Å². The minimum absolute atomic E-state index is 0.000327. The van der Waals surface area contributed by atoms with Crippen molar-refractivity contribution in [1.82, 2.24) is 15.4 Å². The van der Waals surface area contributed by atoms with Crippen molar-refractivity contribution < 1.29 is 9.32 Å². The molecule has 2 amide bonds. The van der Waals surface area contributed by atoms with Crippen molar-refractivity contribution in [3.05, 3.63) is 17.5 Å². The molecule has 1 aromatic rings. The van der Waals surface area contributed by atoms with Crippen LogP contribution in [0.1, 0.15) is 30.7 Å². The normalized spacial score (nSPS) is 16.2. The molecule has 1 saturated heterocycles. The van der Waals surface area contributed by atoms with Crippen molar-refractivity contribution in [3.8, 4) is 0 Å². The van der Waals surface area contributed by atoms with E-state index in [1.165, 1.54) is 6.42 Å². The van der Waals surface area contributed by atoms with Gasteiger partial charge in [-0.25, -0.2) is 4.79 Å². The van der Waals surface area contributed by atoms with Crippen molar-refractivity contribution in [2.24, 2.45) is 0 Å². The molecule has 0 spiro atoms. The first-order valence-corrected chi connectivity index (χ1v) is 5.70. The Kier molecular flexibility index (Phi) is 3.44. The molecule has 88 valence electrons. The van der Waals surface area contributed by atoms with E-state index in [4.69, 9.17) is 4.52 Å². The highest BCUT2D eigenvalue weighted by molar-refractivity contribution is 5.74. The minimum atomic E-state index is 0.000327. The van der Waals surface area contributed by atoms with E-state index in [2.05, 4.69) is 10.5 Å². The zero-order valence-corrected chi connectivity index (χ0v) is 9.53. The SMILES string of the molecule is Cc1cc(CNC(=O)N2CCCCC2)no1. The van der Waals surface area contributed by atoms with Crippen LogP contribution >= 0.6 is 0 Å². The highest BCUT2D eigenvalue weighted by atomic mass is 16.5. The Hall–Kier alpha value is -1.52. The van der Waals surface area contributed by atoms with Crippen molar-refractivity contribution in [1.29, 1.82) is 0 Å². The Morgan fingerprint density at radius 2 is 2.25 bits per heavy atom. The summed E-state index contributed by atoms with van der Waals surface area (Å²) < 4.78 is 4.93. The van der Waals surface area contributed by atoms with Crippen molar-refractivity contribution in [2.45, 2.75) is 32.7 Å². The fourth-order valence-electron chi connectivity index (χ4n) is 1.88. The van der Waals surface area contributed by atoms with Crippen LogP contribution in [0.4, 0.5) is 4.79 Å². The fraction of sp³-hybridized carbons (Fsp3) is 0.636. The average Bonchev–Trinajstić information content (AvgIpc) is 2.73. The highest BCUT2D eigenvalue weighted by Gasteiger charge is 2.16. The summed E-state index contributed by atoms with van der Waals surface area (Å²) in [5.41, 5.74) is 0.767. The summed E-state index contributed by atoms with van der Waals surface area (Å²) in [7, 11) is 0. The second kappa shape index (κ2) is 5.01. The summed E-state index contributed by atoms with van der Waals surface area (Å²) in [5.74, 6) is 0.766. The number of nitrogens with one attached hydrogen (secondary N) is 1. The first-order valence-electron chi connectivity index (χ1n) is 5.70. The summed E-state index contributed by atoms with van der Waals surface area (Å²) >= 11 is 0. The van der Waals surface area contributed by atoms with Gasteiger partial charge in [-0.3, -0.25) is 0 Å². The van der Waals surface area contributed by atoms with Gasteiger partial charge in [0.2, 0.25) is 0 Å². The Morgan fingerprint density at radius 3 is 2.88 bits per heavy atom. The maximum atomic E-state index is 11.7. The minimum Gasteiger partial charge on any atom is -0.361 e. The van der Waals surface area contributed by atoms with Gasteiger partial charge >= 0.3 is 6.03 Å². The molecule has 1 N–H and O–H groups in total. The van der Waals surface area contributed by atoms with Gasteiger partial charge in [0.05, 0.1) is 6.54 Å². The predicted molar refractivity (Wildman–Crippen MR) is 58.9 cm³/mol. The molecule has 0 unspecified atom stereocenters. The van der Waals surface area contributed by atoms with Crippen molar-refractivity contribution >= 4 is 6.03 Å². The van der Waals surface area contributed by atoms with Crippen molar-refractivity contribution in [2.75, 3.05) is 13.1 Å². The summed E-state index contributed by atoms with van der Waals surface area (Å²) in [6, 6.07) is 1.83. The molecule has 0 aliphatic carbocycles. The Balaban J connectivity index is 1.78. The number of aromatic nitrogens is 1. The third kappa shape index (κ3) is 2.74. The Morgan fingerprint density at radius 1 is 1.50 bits per heavy atom. The number of nitrogens with zero attached hydrogens (tertiary/aromatic N) is 2. The molecule has 1 aliphatic rings. The zero-order chi connectivity index (χ0) is 11.4. The quantitative estimate of drug-likeness (QED) is 0.829. The number of carbonyl (C=O) groups is 1. The number of carbonyl (C=O) groups excluding carboxylic acids is 1. The summed E-state index contributed by atoms with van der Waals surface area (Å²) in [6.07, 6.45) is 3.44. The van der Waals surface area contributed by atoms with E-state index in [-0.39, 0.29) is 6.03 Å². The Labute approximate surface area is 94.8 Å². The zero-order valence-electron chi connectivity index (χ0n) is 9.53. The van der Waals surface area contributed by atoms with Crippen LogP contribution < -0.4 is 5.32 Å². The monoisotopic (exact) mass is 223 g/mol. The van der Waals surface area contributed by atoms with Crippen LogP contribution in [0.2, 0.25) is 0 Å². The molecule has 0 atom stereocenters. The molecule has 1 aromatic heterocycles. The van der Waals surface area contributed by atoms with Gasteiger partial charge in [-0.05, 0) is 26.2 Å². The summed E-state index contributed by atoms with van der Waals surface area (Å²) in [6.45, 7) is 4.00. The molecule has 0 radical (unpaired) electrons. The van der Waals surface area contributed by atoms with Crippen molar-refractivity contribution in [3.63, 3.8) is 0 Å². The number of hydrogen-bond acceptors (Lipinski definition) is 3. The van der Waals surface area contributed by atoms with E-state index in [0.717, 1.165) is 37.4 Å². The molecule has 0 aromatic carbocycles. The maximum Gasteiger partial charge on any atom is 0.317 e. The summed E-state index contributed by atoms with van der Waals surface area (Å²) in [4.78, 5) is 13.6. The molecule has 2 rings (SSSR count). The van der Waals surface area contributed by atoms with E-state index >= 15 is 0 Å². The van der Waals surface area contributed by atoms with E-state index in [0.29, 0.717) is 6.54 Å². The van der Waals surface area contributed by atoms with Gasteiger partial charge in [0, 0.05) is 19.2 Å². The lowest BCUT2D eigenvalue weighted by atomic mass is 10.1. The molecule has 16 heavy (non-hydrogen) atoms. The van der Waals surface area contributed by atoms with Gasteiger partial charge in [0.25, 0.3) is 0 Å². The number of amides is 2. The van der Waals surface area contributed by atoms with E-state index in [1.807, 2.05) is 17.9 Å². The van der Waals surface area contributed by atoms with Crippen LogP contribution in [-0.2, 0) is 6.54 Å². The average molecular weight is 223 g/mol. The smallest absolute Gasteiger partial charge is 0.317 e. The first-order chi connectivity index (χ1) is 7.75. The van der Waals surface area contributed by atoms with Crippen LogP contribution in [0, 0.1) is 6.92 Å². The fourth-order valence-corrected chi connectivity index (χ4v) is 1.88. The number of aryl methyl sites for hydroxylation is 1. The highest BCUT2D eigenvalue weighted by Crippen LogP contribution is 2.08. The molecular weight excluding hydrogens is 206 g/mol. The molecule has 2 heterocycles. The largest absolute Gasteiger partial charge is 0.361 e. The molecule has 1 fully saturated rings. The second-order valence-electron chi connectivity index (χ2n) is 4.14. The topological polar surface area (TPSA) is 58.4 Å². The molecule has 0 saturated carbocycles. The van der Waals surface area contributed by atoms with Gasteiger partial charge < -0.3 is 14.7 Å². The molecule has 5 nitrogen and oxygen atoms in total. The van der Waals surface area contributed by atoms with Gasteiger partial charge in [0.15, 0.2) is 0 Å². The summed E-state index contributed by atoms with van der Waals surface area (Å²) in [5, 5.41) is 6.67. The number of urea groups is 1. The lowest BCUT2D eigenvalue weighted by Crippen LogP contribution is -2.42. The number of rotatable bonds is 2. The molecule has 0 bridgehead atoms. The van der Waals surface area contributed by atoms with Gasteiger partial charge in [-0.1, -0.05) is 5.16 Å². The molecule has 5 heteroatoms. The maximum absolute atomic E-state index is 11.7. The third-order valence-corrected chi connectivity index (χ3v) is 2.74. The molecular formula is C11H17N3O2. The number of hydrogen-bond donors (Lipinski definition) is 1. The Bertz CT molecular complexity index is 356. The van der Waals surface area contributed by atoms with Crippen LogP contribution in [0.25, 0.3) is 0 Å². The second-order valence-corrected chi connectivity index (χ2v) is 4.14. The standard InChI is InChI=1S/C11H17N3O2/c1-9-7-10(13-16-9)8-12-11(15)14-5-3-2-4-6-14/h7H,2-6,8H2,1H3,(H,12,15). The van der Waals surface area contributed by atoms with Gasteiger partial charge in [0.1, 0.15) is 11.5 Å². The van der Waals surface area contributed by atoms with E-state index < -0.39 is 0 Å². The van der Waals surface area contributed by atoms with Gasteiger partial charge in [-0.2, -0.15) is 0 Å². The number of piperidine rings is 1. The van der Waals surface area contributed by atoms with Crippen LogP contribution in [0.5, 0.6) is 0 Å². The van der Waals surface area contributed by atoms with Crippen LogP contribution in [-0.4, -0.2) is 29.2 Å². The lowest BCUT2D eigenvalue weighted by molar-refractivity contribution is 0.186. The third-order valence-electron chi connectivity index (χ3n) is 2.74.